The molecule has 1 fully saturated rings. The van der Waals surface area contributed by atoms with Crippen molar-refractivity contribution < 1.29 is 23.8 Å². The van der Waals surface area contributed by atoms with E-state index in [9.17, 15) is 9.59 Å². The molecule has 0 radical (unpaired) electrons. The van der Waals surface area contributed by atoms with Gasteiger partial charge in [-0.3, -0.25) is 14.5 Å². The summed E-state index contributed by atoms with van der Waals surface area (Å²) in [7, 11) is 3.10. The van der Waals surface area contributed by atoms with E-state index >= 15 is 0 Å². The molecule has 31 heavy (non-hydrogen) atoms. The van der Waals surface area contributed by atoms with E-state index in [1.165, 1.54) is 4.90 Å². The Kier molecular flexibility index (Phi) is 6.02. The quantitative estimate of drug-likeness (QED) is 0.795. The third-order valence-corrected chi connectivity index (χ3v) is 5.93. The van der Waals surface area contributed by atoms with Crippen molar-refractivity contribution in [2.75, 3.05) is 25.7 Å². The van der Waals surface area contributed by atoms with Gasteiger partial charge in [0, 0.05) is 11.6 Å². The topological polar surface area (TPSA) is 77.1 Å². The maximum atomic E-state index is 13.6. The number of ether oxygens (including phenoxy) is 3. The van der Waals surface area contributed by atoms with Crippen molar-refractivity contribution in [1.29, 1.82) is 0 Å². The number of benzene rings is 2. The maximum Gasteiger partial charge on any atom is 0.266 e. The van der Waals surface area contributed by atoms with Crippen molar-refractivity contribution in [2.24, 2.45) is 0 Å². The Hall–Kier alpha value is -3.22. The molecule has 2 aromatic rings. The minimum atomic E-state index is -0.906. The first-order valence-electron chi connectivity index (χ1n) is 10.6. The molecule has 1 heterocycles. The summed E-state index contributed by atoms with van der Waals surface area (Å²) in [6, 6.07) is 10.2. The second-order valence-corrected chi connectivity index (χ2v) is 8.00. The lowest BCUT2D eigenvalue weighted by molar-refractivity contribution is -0.127. The highest BCUT2D eigenvalue weighted by molar-refractivity contribution is 6.04. The molecule has 1 N–H and O–H groups in total. The Morgan fingerprint density at radius 1 is 1.10 bits per heavy atom. The van der Waals surface area contributed by atoms with Crippen molar-refractivity contribution in [1.82, 2.24) is 5.32 Å². The maximum absolute atomic E-state index is 13.6. The lowest BCUT2D eigenvalue weighted by atomic mass is 10.0. The molecule has 0 aromatic heterocycles. The monoisotopic (exact) mass is 424 g/mol. The lowest BCUT2D eigenvalue weighted by Crippen LogP contribution is -2.46. The summed E-state index contributed by atoms with van der Waals surface area (Å²) in [5, 5.41) is 3.16. The van der Waals surface area contributed by atoms with Gasteiger partial charge in [0.15, 0.2) is 18.1 Å². The highest BCUT2D eigenvalue weighted by atomic mass is 16.5. The van der Waals surface area contributed by atoms with E-state index in [4.69, 9.17) is 14.2 Å². The molecule has 2 aromatic carbocycles. The SMILES string of the molecule is COc1ccc(C)cc1N1C(=O)COc2c(OC)cccc2C1C(=O)NC1CCCC1. The van der Waals surface area contributed by atoms with Gasteiger partial charge in [-0.15, -0.1) is 0 Å². The van der Waals surface area contributed by atoms with Crippen LogP contribution < -0.4 is 24.4 Å². The molecule has 4 rings (SSSR count). The van der Waals surface area contributed by atoms with Gasteiger partial charge >= 0.3 is 0 Å². The van der Waals surface area contributed by atoms with E-state index in [2.05, 4.69) is 5.32 Å². The Bertz CT molecular complexity index is 984. The zero-order valence-electron chi connectivity index (χ0n) is 18.1. The number of amides is 2. The molecule has 2 amide bonds. The van der Waals surface area contributed by atoms with Crippen LogP contribution in [0.2, 0.25) is 0 Å². The number of nitrogens with zero attached hydrogens (tertiary/aromatic N) is 1. The first-order chi connectivity index (χ1) is 15.0. The van der Waals surface area contributed by atoms with E-state index < -0.39 is 6.04 Å². The normalized spacial score (nSPS) is 18.7. The number of fused-ring (bicyclic) bond motifs is 1. The van der Waals surface area contributed by atoms with Gasteiger partial charge in [0.2, 0.25) is 5.91 Å². The first kappa shape index (κ1) is 21.0. The molecule has 1 aliphatic carbocycles. The molecule has 7 nitrogen and oxygen atoms in total. The second kappa shape index (κ2) is 8.88. The Morgan fingerprint density at radius 3 is 2.55 bits per heavy atom. The Labute approximate surface area is 182 Å². The number of anilines is 1. The average molecular weight is 424 g/mol. The van der Waals surface area contributed by atoms with Crippen molar-refractivity contribution in [3.63, 3.8) is 0 Å². The van der Waals surface area contributed by atoms with Gasteiger partial charge in [-0.2, -0.15) is 0 Å². The fourth-order valence-corrected chi connectivity index (χ4v) is 4.42. The number of aryl methyl sites for hydroxylation is 1. The largest absolute Gasteiger partial charge is 0.495 e. The number of hydrogen-bond donors (Lipinski definition) is 1. The standard InChI is InChI=1S/C24H28N2O5/c1-15-11-12-19(29-2)18(13-15)26-21(27)14-31-23-17(9-6-10-20(23)30-3)22(26)24(28)25-16-7-4-5-8-16/h6,9-13,16,22H,4-5,7-8,14H2,1-3H3,(H,25,28). The van der Waals surface area contributed by atoms with Crippen molar-refractivity contribution in [2.45, 2.75) is 44.7 Å². The second-order valence-electron chi connectivity index (χ2n) is 8.00. The summed E-state index contributed by atoms with van der Waals surface area (Å²) in [6.07, 6.45) is 4.08. The lowest BCUT2D eigenvalue weighted by Gasteiger charge is -2.31. The van der Waals surface area contributed by atoms with Gasteiger partial charge in [-0.05, 0) is 43.5 Å². The minimum absolute atomic E-state index is 0.113. The molecule has 1 saturated carbocycles. The van der Waals surface area contributed by atoms with Crippen LogP contribution in [0, 0.1) is 6.92 Å². The summed E-state index contributed by atoms with van der Waals surface area (Å²) < 4.78 is 16.9. The van der Waals surface area contributed by atoms with Crippen LogP contribution in [0.25, 0.3) is 0 Å². The summed E-state index contributed by atoms with van der Waals surface area (Å²) in [6.45, 7) is 1.73. The van der Waals surface area contributed by atoms with E-state index in [1.807, 2.05) is 31.2 Å². The van der Waals surface area contributed by atoms with Crippen LogP contribution in [0.3, 0.4) is 0 Å². The molecule has 2 aliphatic rings. The summed E-state index contributed by atoms with van der Waals surface area (Å²) in [4.78, 5) is 28.5. The van der Waals surface area contributed by atoms with Gasteiger partial charge in [0.1, 0.15) is 11.8 Å². The predicted molar refractivity (Wildman–Crippen MR) is 117 cm³/mol. The zero-order valence-corrected chi connectivity index (χ0v) is 18.1. The summed E-state index contributed by atoms with van der Waals surface area (Å²) in [5.74, 6) is 0.863. The number of para-hydroxylation sites is 1. The van der Waals surface area contributed by atoms with E-state index in [1.54, 1.807) is 26.4 Å². The van der Waals surface area contributed by atoms with E-state index in [0.717, 1.165) is 31.2 Å². The van der Waals surface area contributed by atoms with Gasteiger partial charge in [-0.1, -0.05) is 31.0 Å². The van der Waals surface area contributed by atoms with Crippen LogP contribution in [0.15, 0.2) is 36.4 Å². The number of nitrogens with one attached hydrogen (secondary N) is 1. The van der Waals surface area contributed by atoms with Crippen LogP contribution >= 0.6 is 0 Å². The Morgan fingerprint density at radius 2 is 1.84 bits per heavy atom. The number of carbonyl (C=O) groups excluding carboxylic acids is 2. The minimum Gasteiger partial charge on any atom is -0.495 e. The number of methoxy groups -OCH3 is 2. The van der Waals surface area contributed by atoms with Crippen molar-refractivity contribution in [3.05, 3.63) is 47.5 Å². The zero-order chi connectivity index (χ0) is 22.0. The highest BCUT2D eigenvalue weighted by Crippen LogP contribution is 2.43. The molecule has 0 spiro atoms. The van der Waals surface area contributed by atoms with E-state index in [0.29, 0.717) is 28.5 Å². The molecule has 0 saturated heterocycles. The van der Waals surface area contributed by atoms with Crippen LogP contribution in [-0.2, 0) is 9.59 Å². The van der Waals surface area contributed by atoms with E-state index in [-0.39, 0.29) is 24.5 Å². The van der Waals surface area contributed by atoms with Crippen molar-refractivity contribution in [3.8, 4) is 17.2 Å². The fraction of sp³-hybridized carbons (Fsp3) is 0.417. The van der Waals surface area contributed by atoms with Crippen LogP contribution in [-0.4, -0.2) is 38.7 Å². The molecule has 7 heteroatoms. The molecular formula is C24H28N2O5. The number of carbonyl (C=O) groups is 2. The molecule has 0 bridgehead atoms. The smallest absolute Gasteiger partial charge is 0.266 e. The van der Waals surface area contributed by atoms with Gasteiger partial charge in [0.25, 0.3) is 5.91 Å². The fourth-order valence-electron chi connectivity index (χ4n) is 4.42. The molecule has 1 atom stereocenters. The Balaban J connectivity index is 1.87. The predicted octanol–water partition coefficient (Wildman–Crippen LogP) is 3.54. The molecule has 1 aliphatic heterocycles. The average Bonchev–Trinajstić information content (AvgIpc) is 3.23. The van der Waals surface area contributed by atoms with Gasteiger partial charge < -0.3 is 19.5 Å². The van der Waals surface area contributed by atoms with Gasteiger partial charge in [-0.25, -0.2) is 0 Å². The first-order valence-corrected chi connectivity index (χ1v) is 10.6. The number of rotatable bonds is 5. The molecule has 164 valence electrons. The van der Waals surface area contributed by atoms with Crippen LogP contribution in [0.4, 0.5) is 5.69 Å². The summed E-state index contributed by atoms with van der Waals surface area (Å²) in [5.41, 5.74) is 2.08. The molecule has 1 unspecified atom stereocenters. The summed E-state index contributed by atoms with van der Waals surface area (Å²) >= 11 is 0. The van der Waals surface area contributed by atoms with Crippen molar-refractivity contribution >= 4 is 17.5 Å². The highest BCUT2D eigenvalue weighted by Gasteiger charge is 2.40. The van der Waals surface area contributed by atoms with Crippen LogP contribution in [0.1, 0.15) is 42.9 Å². The number of hydrogen-bond acceptors (Lipinski definition) is 5. The third-order valence-electron chi connectivity index (χ3n) is 5.93. The van der Waals surface area contributed by atoms with Gasteiger partial charge in [0.05, 0.1) is 19.9 Å². The molecular weight excluding hydrogens is 396 g/mol. The van der Waals surface area contributed by atoms with Crippen LogP contribution in [0.5, 0.6) is 17.2 Å². The third kappa shape index (κ3) is 4.04.